The van der Waals surface area contributed by atoms with Crippen LogP contribution in [-0.2, 0) is 5.41 Å². The number of nitrogens with one attached hydrogen (secondary N) is 2. The molecule has 2 amide bonds. The van der Waals surface area contributed by atoms with Gasteiger partial charge in [0.05, 0.1) is 0 Å². The van der Waals surface area contributed by atoms with E-state index < -0.39 is 18.8 Å². The minimum atomic E-state index is -4.43. The van der Waals surface area contributed by atoms with E-state index in [1.807, 2.05) is 6.07 Å². The maximum absolute atomic E-state index is 12.1. The van der Waals surface area contributed by atoms with Gasteiger partial charge >= 0.3 is 12.2 Å². The molecule has 0 aliphatic heterocycles. The Hall–Kier alpha value is -1.24. The van der Waals surface area contributed by atoms with Crippen LogP contribution in [0.25, 0.3) is 0 Å². The fourth-order valence-electron chi connectivity index (χ4n) is 1.72. The maximum Gasteiger partial charge on any atom is 0.405 e. The highest BCUT2D eigenvalue weighted by Gasteiger charge is 2.28. The number of hydrogen-bond acceptors (Lipinski definition) is 1. The van der Waals surface area contributed by atoms with Gasteiger partial charge in [0.1, 0.15) is 6.54 Å². The zero-order valence-corrected chi connectivity index (χ0v) is 14.5. The second-order valence-electron chi connectivity index (χ2n) is 6.03. The molecule has 0 saturated carbocycles. The van der Waals surface area contributed by atoms with Crippen LogP contribution in [0.4, 0.5) is 23.7 Å². The smallest absolute Gasteiger partial charge is 0.329 e. The van der Waals surface area contributed by atoms with Crippen molar-refractivity contribution in [2.24, 2.45) is 5.92 Å². The number of rotatable bonds is 4. The number of benzene rings is 1. The van der Waals surface area contributed by atoms with Crippen molar-refractivity contribution in [3.63, 3.8) is 0 Å². The average molecular weight is 381 g/mol. The Kier molecular flexibility index (Phi) is 5.89. The van der Waals surface area contributed by atoms with Gasteiger partial charge in [-0.1, -0.05) is 43.6 Å². The van der Waals surface area contributed by atoms with Crippen molar-refractivity contribution < 1.29 is 18.0 Å². The Labute approximate surface area is 136 Å². The molecule has 7 heteroatoms. The third-order valence-corrected chi connectivity index (χ3v) is 4.25. The first-order chi connectivity index (χ1) is 9.91. The molecule has 1 aromatic carbocycles. The summed E-state index contributed by atoms with van der Waals surface area (Å²) < 4.78 is 37.0. The van der Waals surface area contributed by atoms with E-state index >= 15 is 0 Å². The van der Waals surface area contributed by atoms with Crippen LogP contribution < -0.4 is 10.6 Å². The summed E-state index contributed by atoms with van der Waals surface area (Å²) in [5.74, 6) is 0.355. The quantitative estimate of drug-likeness (QED) is 0.752. The molecule has 0 heterocycles. The third kappa shape index (κ3) is 5.51. The fourth-order valence-corrected chi connectivity index (χ4v) is 2.22. The van der Waals surface area contributed by atoms with E-state index in [1.165, 1.54) is 0 Å². The average Bonchev–Trinajstić information content (AvgIpc) is 2.34. The van der Waals surface area contributed by atoms with Gasteiger partial charge in [-0.3, -0.25) is 0 Å². The standard InChI is InChI=1S/C15H20BrF3N2O/c1-9(2)14(3,4)10-5-11(16)7-12(6-10)21-13(22)20-8-15(17,18)19/h5-7,9H,8H2,1-4H3,(H2,20,21,22). The van der Waals surface area contributed by atoms with E-state index in [4.69, 9.17) is 0 Å². The van der Waals surface area contributed by atoms with Crippen molar-refractivity contribution in [3.05, 3.63) is 28.2 Å². The molecule has 1 aromatic rings. The lowest BCUT2D eigenvalue weighted by atomic mass is 9.75. The molecule has 0 aliphatic carbocycles. The Morgan fingerprint density at radius 2 is 1.82 bits per heavy atom. The first kappa shape index (κ1) is 18.8. The molecule has 0 atom stereocenters. The summed E-state index contributed by atoms with van der Waals surface area (Å²) in [6.45, 7) is 6.96. The van der Waals surface area contributed by atoms with E-state index in [9.17, 15) is 18.0 Å². The molecule has 0 aromatic heterocycles. The third-order valence-electron chi connectivity index (χ3n) is 3.79. The normalized spacial score (nSPS) is 12.4. The summed E-state index contributed by atoms with van der Waals surface area (Å²) in [5.41, 5.74) is 1.30. The number of hydrogen-bond donors (Lipinski definition) is 2. The van der Waals surface area contributed by atoms with Crippen molar-refractivity contribution in [1.29, 1.82) is 0 Å². The van der Waals surface area contributed by atoms with E-state index in [0.717, 1.165) is 10.0 Å². The van der Waals surface area contributed by atoms with Crippen molar-refractivity contribution in [1.82, 2.24) is 5.32 Å². The molecule has 0 saturated heterocycles. The molecule has 0 fully saturated rings. The van der Waals surface area contributed by atoms with Crippen LogP contribution in [0.1, 0.15) is 33.3 Å². The number of halogens is 4. The number of amides is 2. The van der Waals surface area contributed by atoms with Gasteiger partial charge < -0.3 is 10.6 Å². The Bertz CT molecular complexity index is 542. The van der Waals surface area contributed by atoms with Crippen LogP contribution >= 0.6 is 15.9 Å². The highest BCUT2D eigenvalue weighted by molar-refractivity contribution is 9.10. The molecular formula is C15H20BrF3N2O. The van der Waals surface area contributed by atoms with Gasteiger partial charge in [0, 0.05) is 10.2 Å². The van der Waals surface area contributed by atoms with Crippen molar-refractivity contribution in [2.75, 3.05) is 11.9 Å². The molecule has 0 radical (unpaired) electrons. The highest BCUT2D eigenvalue weighted by Crippen LogP contribution is 2.34. The lowest BCUT2D eigenvalue weighted by Crippen LogP contribution is -2.36. The van der Waals surface area contributed by atoms with Gasteiger partial charge in [0.25, 0.3) is 0 Å². The van der Waals surface area contributed by atoms with Gasteiger partial charge in [0.15, 0.2) is 0 Å². The molecule has 1 rings (SSSR count). The minimum Gasteiger partial charge on any atom is -0.329 e. The number of alkyl halides is 3. The lowest BCUT2D eigenvalue weighted by Gasteiger charge is -2.30. The monoisotopic (exact) mass is 380 g/mol. The van der Waals surface area contributed by atoms with E-state index in [1.54, 1.807) is 17.4 Å². The number of urea groups is 1. The van der Waals surface area contributed by atoms with Crippen LogP contribution in [0.3, 0.4) is 0 Å². The Balaban J connectivity index is 2.89. The van der Waals surface area contributed by atoms with Gasteiger partial charge in [-0.25, -0.2) is 4.79 Å². The molecular weight excluding hydrogens is 361 g/mol. The van der Waals surface area contributed by atoms with Crippen LogP contribution in [0.15, 0.2) is 22.7 Å². The first-order valence-electron chi connectivity index (χ1n) is 6.84. The zero-order chi connectivity index (χ0) is 17.1. The number of carbonyl (C=O) groups excluding carboxylic acids is 1. The van der Waals surface area contributed by atoms with Crippen LogP contribution in [0, 0.1) is 5.92 Å². The predicted molar refractivity (Wildman–Crippen MR) is 85.1 cm³/mol. The van der Waals surface area contributed by atoms with Crippen LogP contribution in [0.2, 0.25) is 0 Å². The fraction of sp³-hybridized carbons (Fsp3) is 0.533. The molecule has 0 unspecified atom stereocenters. The van der Waals surface area contributed by atoms with Gasteiger partial charge in [-0.2, -0.15) is 13.2 Å². The van der Waals surface area contributed by atoms with Gasteiger partial charge in [-0.15, -0.1) is 0 Å². The molecule has 2 N–H and O–H groups in total. The van der Waals surface area contributed by atoms with Gasteiger partial charge in [-0.05, 0) is 35.1 Å². The van der Waals surface area contributed by atoms with Crippen molar-refractivity contribution in [3.8, 4) is 0 Å². The molecule has 22 heavy (non-hydrogen) atoms. The molecule has 124 valence electrons. The van der Waals surface area contributed by atoms with E-state index in [0.29, 0.717) is 11.6 Å². The number of anilines is 1. The second-order valence-corrected chi connectivity index (χ2v) is 6.94. The largest absolute Gasteiger partial charge is 0.405 e. The summed E-state index contributed by atoms with van der Waals surface area (Å²) in [6.07, 6.45) is -4.43. The molecule has 3 nitrogen and oxygen atoms in total. The summed E-state index contributed by atoms with van der Waals surface area (Å²) in [7, 11) is 0. The summed E-state index contributed by atoms with van der Waals surface area (Å²) in [5, 5.41) is 4.21. The molecule has 0 spiro atoms. The first-order valence-corrected chi connectivity index (χ1v) is 7.64. The molecule has 0 aliphatic rings. The van der Waals surface area contributed by atoms with E-state index in [-0.39, 0.29) is 5.41 Å². The zero-order valence-electron chi connectivity index (χ0n) is 12.9. The predicted octanol–water partition coefficient (Wildman–Crippen LogP) is 5.07. The Morgan fingerprint density at radius 1 is 1.23 bits per heavy atom. The topological polar surface area (TPSA) is 41.1 Å². The summed E-state index contributed by atoms with van der Waals surface area (Å²) >= 11 is 3.36. The second kappa shape index (κ2) is 6.89. The SMILES string of the molecule is CC(C)C(C)(C)c1cc(Br)cc(NC(=O)NCC(F)(F)F)c1. The van der Waals surface area contributed by atoms with Crippen molar-refractivity contribution in [2.45, 2.75) is 39.3 Å². The maximum atomic E-state index is 12.1. The van der Waals surface area contributed by atoms with Crippen LogP contribution in [-0.4, -0.2) is 18.8 Å². The summed E-state index contributed by atoms with van der Waals surface area (Å²) in [6, 6.07) is 4.48. The summed E-state index contributed by atoms with van der Waals surface area (Å²) in [4.78, 5) is 11.5. The van der Waals surface area contributed by atoms with Crippen molar-refractivity contribution >= 4 is 27.6 Å². The minimum absolute atomic E-state index is 0.136. The molecule has 0 bridgehead atoms. The lowest BCUT2D eigenvalue weighted by molar-refractivity contribution is -0.122. The highest BCUT2D eigenvalue weighted by atomic mass is 79.9. The van der Waals surface area contributed by atoms with E-state index in [2.05, 4.69) is 48.9 Å². The Morgan fingerprint density at radius 3 is 2.32 bits per heavy atom. The van der Waals surface area contributed by atoms with Crippen LogP contribution in [0.5, 0.6) is 0 Å². The van der Waals surface area contributed by atoms with Gasteiger partial charge in [0.2, 0.25) is 0 Å². The number of carbonyl (C=O) groups is 1.